The van der Waals surface area contributed by atoms with Gasteiger partial charge in [0.05, 0.1) is 5.69 Å². The summed E-state index contributed by atoms with van der Waals surface area (Å²) < 4.78 is 0. The summed E-state index contributed by atoms with van der Waals surface area (Å²) in [5.41, 5.74) is 11.0. The molecule has 0 saturated carbocycles. The molecule has 0 bridgehead atoms. The van der Waals surface area contributed by atoms with Crippen molar-refractivity contribution in [2.45, 2.75) is 12.5 Å². The summed E-state index contributed by atoms with van der Waals surface area (Å²) in [4.78, 5) is 7.00. The second-order valence-electron chi connectivity index (χ2n) is 7.12. The summed E-state index contributed by atoms with van der Waals surface area (Å²) in [5.74, 6) is 1.05. The Morgan fingerprint density at radius 3 is 2.48 bits per heavy atom. The molecule has 0 radical (unpaired) electrons. The van der Waals surface area contributed by atoms with Crippen molar-refractivity contribution < 1.29 is 0 Å². The predicted molar refractivity (Wildman–Crippen MR) is 114 cm³/mol. The highest BCUT2D eigenvalue weighted by Gasteiger charge is 2.32. The van der Waals surface area contributed by atoms with Crippen LogP contribution in [0.15, 0.2) is 79.0 Å². The van der Waals surface area contributed by atoms with E-state index >= 15 is 0 Å². The van der Waals surface area contributed by atoms with Crippen LogP contribution in [0.3, 0.4) is 0 Å². The molecule has 2 aromatic carbocycles. The predicted octanol–water partition coefficient (Wildman–Crippen LogP) is 4.34. The van der Waals surface area contributed by atoms with Crippen LogP contribution in [0.4, 0.5) is 0 Å². The molecule has 1 fully saturated rings. The lowest BCUT2D eigenvalue weighted by Crippen LogP contribution is -2.23. The minimum absolute atomic E-state index is 0. The molecule has 2 N–H and O–H groups in total. The van der Waals surface area contributed by atoms with Gasteiger partial charge in [-0.3, -0.25) is 9.88 Å². The Morgan fingerprint density at radius 2 is 1.74 bits per heavy atom. The van der Waals surface area contributed by atoms with Crippen LogP contribution < -0.4 is 5.73 Å². The van der Waals surface area contributed by atoms with E-state index in [1.165, 1.54) is 16.7 Å². The third kappa shape index (κ3) is 4.56. The molecule has 27 heavy (non-hydrogen) atoms. The van der Waals surface area contributed by atoms with Gasteiger partial charge in [0.2, 0.25) is 0 Å². The van der Waals surface area contributed by atoms with Crippen LogP contribution >= 0.6 is 12.4 Å². The third-order valence-corrected chi connectivity index (χ3v) is 5.34. The van der Waals surface area contributed by atoms with E-state index in [-0.39, 0.29) is 12.4 Å². The Labute approximate surface area is 167 Å². The molecule has 1 saturated heterocycles. The molecule has 4 rings (SSSR count). The summed E-state index contributed by atoms with van der Waals surface area (Å²) in [6, 6.07) is 25.6. The zero-order valence-electron chi connectivity index (χ0n) is 15.4. The minimum Gasteiger partial charge on any atom is -0.330 e. The Balaban J connectivity index is 0.00000210. The van der Waals surface area contributed by atoms with Crippen molar-refractivity contribution in [1.29, 1.82) is 0 Å². The number of halogens is 1. The van der Waals surface area contributed by atoms with Crippen molar-refractivity contribution >= 4 is 12.4 Å². The standard InChI is InChI=1S/C23H25N3.ClH/c24-14-21-16-26(17-22(21)19-8-2-1-3-9-19)15-18-7-6-10-20(13-18)23-11-4-5-12-25-23;/h1-13,21-22H,14-17,24H2;1H/t21-,22+;/m1./s1. The maximum Gasteiger partial charge on any atom is 0.0702 e. The number of pyridine rings is 1. The molecule has 0 unspecified atom stereocenters. The second kappa shape index (κ2) is 9.14. The van der Waals surface area contributed by atoms with Crippen molar-refractivity contribution in [3.05, 3.63) is 90.1 Å². The highest BCUT2D eigenvalue weighted by Crippen LogP contribution is 2.33. The van der Waals surface area contributed by atoms with Gasteiger partial charge < -0.3 is 5.73 Å². The van der Waals surface area contributed by atoms with Gasteiger partial charge in [-0.1, -0.05) is 54.6 Å². The lowest BCUT2D eigenvalue weighted by molar-refractivity contribution is 0.317. The summed E-state index contributed by atoms with van der Waals surface area (Å²) >= 11 is 0. The zero-order valence-corrected chi connectivity index (χ0v) is 16.2. The molecule has 0 amide bonds. The van der Waals surface area contributed by atoms with Gasteiger partial charge in [0.1, 0.15) is 0 Å². The number of aromatic nitrogens is 1. The molecule has 0 spiro atoms. The molecule has 1 aromatic heterocycles. The van der Waals surface area contributed by atoms with E-state index in [0.717, 1.165) is 31.9 Å². The molecule has 140 valence electrons. The monoisotopic (exact) mass is 379 g/mol. The maximum atomic E-state index is 6.08. The van der Waals surface area contributed by atoms with E-state index in [9.17, 15) is 0 Å². The summed E-state index contributed by atoms with van der Waals surface area (Å²) in [5, 5.41) is 0. The van der Waals surface area contributed by atoms with E-state index < -0.39 is 0 Å². The topological polar surface area (TPSA) is 42.1 Å². The van der Waals surface area contributed by atoms with Gasteiger partial charge >= 0.3 is 0 Å². The first kappa shape index (κ1) is 19.6. The van der Waals surface area contributed by atoms with Gasteiger partial charge in [0.15, 0.2) is 0 Å². The van der Waals surface area contributed by atoms with Crippen LogP contribution in [0.1, 0.15) is 17.0 Å². The first-order valence-corrected chi connectivity index (χ1v) is 9.31. The Morgan fingerprint density at radius 1 is 0.926 bits per heavy atom. The lowest BCUT2D eigenvalue weighted by atomic mass is 9.89. The third-order valence-electron chi connectivity index (χ3n) is 5.34. The molecule has 3 aromatic rings. The van der Waals surface area contributed by atoms with E-state index in [2.05, 4.69) is 70.5 Å². The van der Waals surface area contributed by atoms with Crippen molar-refractivity contribution in [2.75, 3.05) is 19.6 Å². The van der Waals surface area contributed by atoms with Gasteiger partial charge in [-0.2, -0.15) is 0 Å². The molecule has 1 aliphatic rings. The maximum absolute atomic E-state index is 6.08. The number of rotatable bonds is 5. The molecule has 3 nitrogen and oxygen atoms in total. The number of benzene rings is 2. The lowest BCUT2D eigenvalue weighted by Gasteiger charge is -2.17. The number of likely N-dealkylation sites (tertiary alicyclic amines) is 1. The van der Waals surface area contributed by atoms with Gasteiger partial charge in [-0.25, -0.2) is 0 Å². The molecule has 4 heteroatoms. The molecule has 0 aliphatic carbocycles. The Bertz CT molecular complexity index is 839. The van der Waals surface area contributed by atoms with Crippen molar-refractivity contribution in [1.82, 2.24) is 9.88 Å². The summed E-state index contributed by atoms with van der Waals surface area (Å²) in [6.45, 7) is 3.83. The van der Waals surface area contributed by atoms with Crippen LogP contribution in [0, 0.1) is 5.92 Å². The largest absolute Gasteiger partial charge is 0.330 e. The smallest absolute Gasteiger partial charge is 0.0702 e. The molecule has 1 aliphatic heterocycles. The molecular formula is C23H26ClN3. The van der Waals surface area contributed by atoms with Gasteiger partial charge in [-0.15, -0.1) is 12.4 Å². The van der Waals surface area contributed by atoms with Crippen LogP contribution in [0.5, 0.6) is 0 Å². The number of nitrogens with zero attached hydrogens (tertiary/aromatic N) is 2. The first-order chi connectivity index (χ1) is 12.8. The van der Waals surface area contributed by atoms with Crippen LogP contribution in [-0.2, 0) is 6.54 Å². The highest BCUT2D eigenvalue weighted by atomic mass is 35.5. The van der Waals surface area contributed by atoms with E-state index in [0.29, 0.717) is 11.8 Å². The summed E-state index contributed by atoms with van der Waals surface area (Å²) in [7, 11) is 0. The van der Waals surface area contributed by atoms with E-state index in [4.69, 9.17) is 5.73 Å². The van der Waals surface area contributed by atoms with Gasteiger partial charge in [0, 0.05) is 37.3 Å². The second-order valence-corrected chi connectivity index (χ2v) is 7.12. The number of hydrogen-bond donors (Lipinski definition) is 1. The summed E-state index contributed by atoms with van der Waals surface area (Å²) in [6.07, 6.45) is 1.85. The van der Waals surface area contributed by atoms with Crippen molar-refractivity contribution in [3.8, 4) is 11.3 Å². The minimum atomic E-state index is 0. The van der Waals surface area contributed by atoms with Crippen LogP contribution in [0.2, 0.25) is 0 Å². The number of nitrogens with two attached hydrogens (primary N) is 1. The highest BCUT2D eigenvalue weighted by molar-refractivity contribution is 5.85. The van der Waals surface area contributed by atoms with Crippen molar-refractivity contribution in [2.24, 2.45) is 11.7 Å². The SMILES string of the molecule is Cl.NC[C@@H]1CN(Cc2cccc(-c3ccccn3)c2)C[C@H]1c1ccccc1. The fourth-order valence-corrected chi connectivity index (χ4v) is 4.03. The van der Waals surface area contributed by atoms with E-state index in [1.807, 2.05) is 18.3 Å². The van der Waals surface area contributed by atoms with E-state index in [1.54, 1.807) is 0 Å². The normalized spacial score (nSPS) is 19.6. The number of hydrogen-bond acceptors (Lipinski definition) is 3. The Kier molecular flexibility index (Phi) is 6.62. The fourth-order valence-electron chi connectivity index (χ4n) is 4.03. The van der Waals surface area contributed by atoms with Gasteiger partial charge in [0.25, 0.3) is 0 Å². The molecule has 2 atom stereocenters. The average molecular weight is 380 g/mol. The average Bonchev–Trinajstić information content (AvgIpc) is 3.12. The Hall–Kier alpha value is -2.20. The first-order valence-electron chi connectivity index (χ1n) is 9.31. The van der Waals surface area contributed by atoms with Crippen LogP contribution in [0.25, 0.3) is 11.3 Å². The molecule has 2 heterocycles. The van der Waals surface area contributed by atoms with Gasteiger partial charge in [-0.05, 0) is 41.8 Å². The van der Waals surface area contributed by atoms with Crippen molar-refractivity contribution in [3.63, 3.8) is 0 Å². The zero-order chi connectivity index (χ0) is 17.8. The fraction of sp³-hybridized carbons (Fsp3) is 0.261. The molecular weight excluding hydrogens is 354 g/mol. The quantitative estimate of drug-likeness (QED) is 0.716. The van der Waals surface area contributed by atoms with Crippen LogP contribution in [-0.4, -0.2) is 29.5 Å².